The Labute approximate surface area is 54.9 Å². The summed E-state index contributed by atoms with van der Waals surface area (Å²) in [6.07, 6.45) is 1.55. The van der Waals surface area contributed by atoms with Gasteiger partial charge in [-0.1, -0.05) is 23.2 Å². The van der Waals surface area contributed by atoms with Gasteiger partial charge in [0, 0.05) is 9.47 Å². The molecular weight excluding hydrogens is 154 g/mol. The lowest BCUT2D eigenvalue weighted by Gasteiger charge is -1.84. The quantitative estimate of drug-likeness (QED) is 0.560. The maximum absolute atomic E-state index is 5.19. The second-order valence-corrected chi connectivity index (χ2v) is 2.17. The van der Waals surface area contributed by atoms with Crippen molar-refractivity contribution in [2.24, 2.45) is 0 Å². The van der Waals surface area contributed by atoms with Gasteiger partial charge in [0.15, 0.2) is 0 Å². The molecule has 0 amide bonds. The van der Waals surface area contributed by atoms with Crippen LogP contribution in [0.1, 0.15) is 0 Å². The highest BCUT2D eigenvalue weighted by atomic mass is 35.5. The molecule has 1 unspecified atom stereocenters. The summed E-state index contributed by atoms with van der Waals surface area (Å²) in [4.78, 5) is 0. The molecule has 42 valence electrons. The largest absolute Gasteiger partial charge is 0.362 e. The van der Waals surface area contributed by atoms with Gasteiger partial charge >= 0.3 is 0 Å². The molecular formula is C3H5Cl2OP. The molecule has 0 aromatic carbocycles. The van der Waals surface area contributed by atoms with Crippen LogP contribution in [-0.2, 0) is 4.52 Å². The molecule has 0 aromatic rings. The Morgan fingerprint density at radius 1 is 1.71 bits per heavy atom. The average molecular weight is 159 g/mol. The second kappa shape index (κ2) is 4.86. The number of rotatable bonds is 2. The van der Waals surface area contributed by atoms with E-state index in [1.54, 1.807) is 6.08 Å². The van der Waals surface area contributed by atoms with E-state index in [-0.39, 0.29) is 4.49 Å². The van der Waals surface area contributed by atoms with Crippen LogP contribution in [0.25, 0.3) is 0 Å². The topological polar surface area (TPSA) is 9.23 Å². The van der Waals surface area contributed by atoms with Gasteiger partial charge in [-0.15, -0.1) is 0 Å². The van der Waals surface area contributed by atoms with Crippen molar-refractivity contribution in [1.29, 1.82) is 0 Å². The highest BCUT2D eigenvalue weighted by Gasteiger charge is 1.77. The van der Waals surface area contributed by atoms with Crippen LogP contribution < -0.4 is 0 Å². The first-order chi connectivity index (χ1) is 3.27. The van der Waals surface area contributed by atoms with E-state index >= 15 is 0 Å². The van der Waals surface area contributed by atoms with Gasteiger partial charge in [-0.05, 0) is 6.08 Å². The number of halogens is 2. The van der Waals surface area contributed by atoms with Crippen molar-refractivity contribution >= 4 is 32.7 Å². The molecule has 7 heavy (non-hydrogen) atoms. The van der Waals surface area contributed by atoms with Crippen LogP contribution in [0.2, 0.25) is 0 Å². The molecule has 0 radical (unpaired) electrons. The molecule has 0 fully saturated rings. The monoisotopic (exact) mass is 158 g/mol. The standard InChI is InChI=1S/C3H5Cl2OP/c4-3(5)1-2-6-7/h1H,2,7H2. The molecule has 4 heteroatoms. The normalized spacial score (nSPS) is 8.43. The van der Waals surface area contributed by atoms with Crippen molar-refractivity contribution in [3.63, 3.8) is 0 Å². The van der Waals surface area contributed by atoms with Crippen molar-refractivity contribution in [3.8, 4) is 0 Å². The lowest BCUT2D eigenvalue weighted by molar-refractivity contribution is 0.427. The van der Waals surface area contributed by atoms with Gasteiger partial charge in [0.25, 0.3) is 0 Å². The van der Waals surface area contributed by atoms with E-state index in [0.29, 0.717) is 6.61 Å². The van der Waals surface area contributed by atoms with Crippen LogP contribution in [0.4, 0.5) is 0 Å². The molecule has 0 aliphatic rings. The van der Waals surface area contributed by atoms with E-state index in [1.165, 1.54) is 0 Å². The first-order valence-corrected chi connectivity index (χ1v) is 2.83. The maximum atomic E-state index is 5.19. The van der Waals surface area contributed by atoms with Gasteiger partial charge in [-0.25, -0.2) is 0 Å². The highest BCUT2D eigenvalue weighted by Crippen LogP contribution is 2.05. The Hall–Kier alpha value is 0.710. The minimum atomic E-state index is 0.238. The summed E-state index contributed by atoms with van der Waals surface area (Å²) >= 11 is 10.4. The van der Waals surface area contributed by atoms with E-state index < -0.39 is 0 Å². The van der Waals surface area contributed by atoms with Crippen LogP contribution >= 0.6 is 32.7 Å². The Kier molecular flexibility index (Phi) is 5.35. The lowest BCUT2D eigenvalue weighted by atomic mass is 10.7. The van der Waals surface area contributed by atoms with Crippen molar-refractivity contribution in [2.75, 3.05) is 6.61 Å². The summed E-state index contributed by atoms with van der Waals surface area (Å²) in [6.45, 7) is 0.438. The van der Waals surface area contributed by atoms with Crippen LogP contribution in [0.15, 0.2) is 10.6 Å². The Bertz CT molecular complexity index is 69.3. The molecule has 0 aromatic heterocycles. The Morgan fingerprint density at radius 2 is 2.29 bits per heavy atom. The summed E-state index contributed by atoms with van der Waals surface area (Å²) < 4.78 is 4.76. The van der Waals surface area contributed by atoms with Crippen LogP contribution in [0.5, 0.6) is 0 Å². The zero-order valence-corrected chi connectivity index (χ0v) is 6.19. The van der Waals surface area contributed by atoms with E-state index in [9.17, 15) is 0 Å². The zero-order chi connectivity index (χ0) is 5.70. The van der Waals surface area contributed by atoms with Gasteiger partial charge in [0.1, 0.15) is 4.49 Å². The van der Waals surface area contributed by atoms with Crippen molar-refractivity contribution in [1.82, 2.24) is 0 Å². The van der Waals surface area contributed by atoms with Gasteiger partial charge in [0.2, 0.25) is 0 Å². The maximum Gasteiger partial charge on any atom is 0.105 e. The van der Waals surface area contributed by atoms with E-state index in [0.717, 1.165) is 0 Å². The fourth-order valence-corrected chi connectivity index (χ4v) is 0.333. The molecule has 0 spiro atoms. The average Bonchev–Trinajstić information content (AvgIpc) is 1.61. The smallest absolute Gasteiger partial charge is 0.105 e. The predicted octanol–water partition coefficient (Wildman–Crippen LogP) is 2.11. The van der Waals surface area contributed by atoms with Crippen LogP contribution in [-0.4, -0.2) is 6.61 Å². The summed E-state index contributed by atoms with van der Waals surface area (Å²) in [5, 5.41) is 0. The summed E-state index contributed by atoms with van der Waals surface area (Å²) in [5.74, 6) is 0. The van der Waals surface area contributed by atoms with Gasteiger partial charge in [-0.3, -0.25) is 0 Å². The molecule has 0 aliphatic carbocycles. The summed E-state index contributed by atoms with van der Waals surface area (Å²) in [7, 11) is 2.08. The molecule has 0 heterocycles. The molecule has 0 saturated heterocycles. The fraction of sp³-hybridized carbons (Fsp3) is 0.333. The second-order valence-electron chi connectivity index (χ2n) is 0.827. The Balaban J connectivity index is 3.08. The molecule has 1 atom stereocenters. The third-order valence-corrected chi connectivity index (χ3v) is 0.835. The molecule has 1 nitrogen and oxygen atoms in total. The fourth-order valence-electron chi connectivity index (χ4n) is 0.111. The van der Waals surface area contributed by atoms with Crippen molar-refractivity contribution < 1.29 is 4.52 Å². The third-order valence-electron chi connectivity index (χ3n) is 0.334. The SMILES string of the molecule is POCC=C(Cl)Cl. The van der Waals surface area contributed by atoms with E-state index in [4.69, 9.17) is 23.2 Å². The van der Waals surface area contributed by atoms with E-state index in [2.05, 4.69) is 14.0 Å². The minimum Gasteiger partial charge on any atom is -0.362 e. The molecule has 0 bridgehead atoms. The van der Waals surface area contributed by atoms with Crippen molar-refractivity contribution in [3.05, 3.63) is 10.6 Å². The summed E-state index contributed by atoms with van der Waals surface area (Å²) in [5.41, 5.74) is 0. The Morgan fingerprint density at radius 3 is 2.43 bits per heavy atom. The first-order valence-electron chi connectivity index (χ1n) is 1.60. The lowest BCUT2D eigenvalue weighted by Crippen LogP contribution is -1.72. The van der Waals surface area contributed by atoms with Crippen LogP contribution in [0, 0.1) is 0 Å². The van der Waals surface area contributed by atoms with E-state index in [1.807, 2.05) is 0 Å². The predicted molar refractivity (Wildman–Crippen MR) is 35.5 cm³/mol. The van der Waals surface area contributed by atoms with Crippen LogP contribution in [0.3, 0.4) is 0 Å². The molecule has 0 saturated carbocycles. The summed E-state index contributed by atoms with van der Waals surface area (Å²) in [6, 6.07) is 0. The number of hydrogen-bond acceptors (Lipinski definition) is 1. The zero-order valence-electron chi connectivity index (χ0n) is 3.53. The molecule has 0 rings (SSSR count). The first kappa shape index (κ1) is 7.71. The van der Waals surface area contributed by atoms with Gasteiger partial charge in [-0.2, -0.15) is 0 Å². The van der Waals surface area contributed by atoms with Gasteiger partial charge in [0.05, 0.1) is 6.61 Å². The third kappa shape index (κ3) is 6.71. The number of hydrogen-bond donors (Lipinski definition) is 0. The minimum absolute atomic E-state index is 0.238. The van der Waals surface area contributed by atoms with Gasteiger partial charge < -0.3 is 4.52 Å². The molecule has 0 aliphatic heterocycles. The van der Waals surface area contributed by atoms with Crippen molar-refractivity contribution in [2.45, 2.75) is 0 Å². The highest BCUT2D eigenvalue weighted by molar-refractivity contribution is 7.09. The molecule has 0 N–H and O–H groups in total.